The largest absolute Gasteiger partial charge is 0.497 e. The van der Waals surface area contributed by atoms with Gasteiger partial charge in [-0.25, -0.2) is 4.68 Å². The van der Waals surface area contributed by atoms with Crippen LogP contribution in [0.1, 0.15) is 17.7 Å². The van der Waals surface area contributed by atoms with Crippen LogP contribution in [-0.2, 0) is 6.42 Å². The molecule has 4 rings (SSSR count). The molecular formula is C23H23N7O3. The number of para-hydroxylation sites is 1. The van der Waals surface area contributed by atoms with Crippen LogP contribution in [-0.4, -0.2) is 40.7 Å². The summed E-state index contributed by atoms with van der Waals surface area (Å²) in [5, 5.41) is 21.2. The third-order valence-electron chi connectivity index (χ3n) is 5.01. The number of methoxy groups -OCH3 is 2. The zero-order valence-corrected chi connectivity index (χ0v) is 18.3. The minimum absolute atomic E-state index is 0.293. The fraction of sp³-hybridized carbons (Fsp3) is 0.217. The van der Waals surface area contributed by atoms with Gasteiger partial charge in [-0.15, -0.1) is 0 Å². The lowest BCUT2D eigenvalue weighted by Gasteiger charge is -2.05. The zero-order chi connectivity index (χ0) is 23.2. The minimum Gasteiger partial charge on any atom is -0.497 e. The first-order valence-corrected chi connectivity index (χ1v) is 10.3. The molecule has 10 heteroatoms. The van der Waals surface area contributed by atoms with Gasteiger partial charge in [0.1, 0.15) is 28.9 Å². The molecule has 0 saturated carbocycles. The molecule has 0 spiro atoms. The molecule has 10 nitrogen and oxygen atoms in total. The number of nitrogens with one attached hydrogen (secondary N) is 1. The summed E-state index contributed by atoms with van der Waals surface area (Å²) >= 11 is 0. The van der Waals surface area contributed by atoms with Crippen LogP contribution in [0.2, 0.25) is 0 Å². The fourth-order valence-electron chi connectivity index (χ4n) is 3.34. The Morgan fingerprint density at radius 2 is 1.85 bits per heavy atom. The van der Waals surface area contributed by atoms with Crippen molar-refractivity contribution in [3.05, 3.63) is 59.8 Å². The molecule has 0 amide bonds. The van der Waals surface area contributed by atoms with Gasteiger partial charge in [-0.05, 0) is 37.1 Å². The molecule has 0 atom stereocenters. The molecule has 0 radical (unpaired) electrons. The average Bonchev–Trinajstić information content (AvgIpc) is 3.46. The molecule has 0 aliphatic rings. The van der Waals surface area contributed by atoms with E-state index in [0.29, 0.717) is 65.4 Å². The van der Waals surface area contributed by atoms with E-state index >= 15 is 0 Å². The Morgan fingerprint density at radius 1 is 1.12 bits per heavy atom. The van der Waals surface area contributed by atoms with Crippen LogP contribution in [0.4, 0.5) is 11.8 Å². The van der Waals surface area contributed by atoms with Crippen LogP contribution < -0.4 is 20.5 Å². The molecule has 2 heterocycles. The molecule has 0 saturated heterocycles. The molecule has 0 fully saturated rings. The van der Waals surface area contributed by atoms with Gasteiger partial charge in [0.2, 0.25) is 5.82 Å². The third-order valence-corrected chi connectivity index (χ3v) is 5.01. The molecule has 3 N–H and O–H groups in total. The first kappa shape index (κ1) is 21.7. The van der Waals surface area contributed by atoms with Crippen LogP contribution in [0.15, 0.2) is 53.1 Å². The van der Waals surface area contributed by atoms with Gasteiger partial charge in [0.05, 0.1) is 25.6 Å². The van der Waals surface area contributed by atoms with Gasteiger partial charge in [0, 0.05) is 18.2 Å². The Kier molecular flexibility index (Phi) is 6.40. The lowest BCUT2D eigenvalue weighted by Crippen LogP contribution is -2.04. The summed E-state index contributed by atoms with van der Waals surface area (Å²) in [6.45, 7) is 0.548. The molecule has 0 bridgehead atoms. The lowest BCUT2D eigenvalue weighted by molar-refractivity contribution is 0.394. The van der Waals surface area contributed by atoms with Gasteiger partial charge in [-0.3, -0.25) is 0 Å². The van der Waals surface area contributed by atoms with Crippen molar-refractivity contribution in [1.82, 2.24) is 19.9 Å². The third kappa shape index (κ3) is 4.72. The molecule has 0 aliphatic carbocycles. The van der Waals surface area contributed by atoms with Crippen LogP contribution in [0, 0.1) is 11.3 Å². The fourth-order valence-corrected chi connectivity index (χ4v) is 3.34. The number of aryl methyl sites for hydroxylation is 1. The normalized spacial score (nSPS) is 10.6. The number of hydrogen-bond acceptors (Lipinski definition) is 9. The van der Waals surface area contributed by atoms with Crippen molar-refractivity contribution in [1.29, 1.82) is 5.26 Å². The highest BCUT2D eigenvalue weighted by Gasteiger charge is 2.16. The number of anilines is 2. The minimum atomic E-state index is 0.293. The maximum atomic E-state index is 9.53. The van der Waals surface area contributed by atoms with Crippen LogP contribution in [0.5, 0.6) is 11.5 Å². The second-order valence-electron chi connectivity index (χ2n) is 7.12. The van der Waals surface area contributed by atoms with Gasteiger partial charge in [-0.1, -0.05) is 23.4 Å². The van der Waals surface area contributed by atoms with E-state index in [-0.39, 0.29) is 0 Å². The summed E-state index contributed by atoms with van der Waals surface area (Å²) in [4.78, 5) is 4.38. The smallest absolute Gasteiger partial charge is 0.321 e. The van der Waals surface area contributed by atoms with Crippen molar-refractivity contribution < 1.29 is 14.0 Å². The Bertz CT molecular complexity index is 1250. The highest BCUT2D eigenvalue weighted by Crippen LogP contribution is 2.28. The standard InChI is InChI=1S/C23H23N7O3/c1-31-17-11-15(12-18(13-17)32-2)22-27-23(33-29-22)26-10-6-9-20-19(14-24)21(25)30(28-20)16-7-4-3-5-8-16/h3-5,7-8,11-13H,6,9-10,25H2,1-2H3,(H,26,27,29). The molecule has 168 valence electrons. The van der Waals surface area contributed by atoms with Crippen molar-refractivity contribution in [3.8, 4) is 34.6 Å². The predicted molar refractivity (Wildman–Crippen MR) is 122 cm³/mol. The SMILES string of the molecule is COc1cc(OC)cc(-c2noc(NCCCc3nn(-c4ccccc4)c(N)c3C#N)n2)c1. The summed E-state index contributed by atoms with van der Waals surface area (Å²) in [6, 6.07) is 17.3. The molecule has 4 aromatic rings. The van der Waals surface area contributed by atoms with E-state index < -0.39 is 0 Å². The van der Waals surface area contributed by atoms with E-state index in [1.807, 2.05) is 30.3 Å². The molecule has 0 unspecified atom stereocenters. The molecule has 0 aliphatic heterocycles. The first-order chi connectivity index (χ1) is 16.1. The maximum Gasteiger partial charge on any atom is 0.321 e. The van der Waals surface area contributed by atoms with E-state index in [9.17, 15) is 5.26 Å². The van der Waals surface area contributed by atoms with Crippen LogP contribution in [0.3, 0.4) is 0 Å². The highest BCUT2D eigenvalue weighted by molar-refractivity contribution is 5.61. The topological polar surface area (TPSA) is 137 Å². The Hall–Kier alpha value is -4.52. The highest BCUT2D eigenvalue weighted by atomic mass is 16.5. The number of nitrogens with zero attached hydrogens (tertiary/aromatic N) is 5. The summed E-state index contributed by atoms with van der Waals surface area (Å²) in [5.74, 6) is 2.01. The Morgan fingerprint density at radius 3 is 2.52 bits per heavy atom. The predicted octanol–water partition coefficient (Wildman–Crippen LogP) is 3.44. The number of ether oxygens (including phenoxy) is 2. The van der Waals surface area contributed by atoms with Gasteiger partial charge in [0.15, 0.2) is 0 Å². The molecular weight excluding hydrogens is 422 g/mol. The monoisotopic (exact) mass is 445 g/mol. The lowest BCUT2D eigenvalue weighted by atomic mass is 10.1. The van der Waals surface area contributed by atoms with Crippen molar-refractivity contribution in [2.75, 3.05) is 31.8 Å². The average molecular weight is 445 g/mol. The second-order valence-corrected chi connectivity index (χ2v) is 7.12. The van der Waals surface area contributed by atoms with Gasteiger partial charge in [0.25, 0.3) is 0 Å². The Balaban J connectivity index is 1.39. The molecule has 2 aromatic heterocycles. The van der Waals surface area contributed by atoms with E-state index in [4.69, 9.17) is 19.7 Å². The number of nitriles is 1. The molecule has 2 aromatic carbocycles. The van der Waals surface area contributed by atoms with Crippen molar-refractivity contribution in [2.24, 2.45) is 0 Å². The van der Waals surface area contributed by atoms with E-state index in [2.05, 4.69) is 26.6 Å². The Labute approximate surface area is 190 Å². The summed E-state index contributed by atoms with van der Waals surface area (Å²) in [6.07, 6.45) is 1.25. The number of benzene rings is 2. The number of nitrogens with two attached hydrogens (primary N) is 1. The van der Waals surface area contributed by atoms with Crippen LogP contribution >= 0.6 is 0 Å². The van der Waals surface area contributed by atoms with Crippen LogP contribution in [0.25, 0.3) is 17.1 Å². The quantitative estimate of drug-likeness (QED) is 0.371. The van der Waals surface area contributed by atoms with E-state index in [0.717, 1.165) is 5.69 Å². The number of rotatable bonds is 9. The first-order valence-electron chi connectivity index (χ1n) is 10.3. The van der Waals surface area contributed by atoms with Gasteiger partial charge in [-0.2, -0.15) is 15.3 Å². The number of aromatic nitrogens is 4. The molecule has 33 heavy (non-hydrogen) atoms. The van der Waals surface area contributed by atoms with E-state index in [1.54, 1.807) is 37.1 Å². The zero-order valence-electron chi connectivity index (χ0n) is 18.3. The van der Waals surface area contributed by atoms with Gasteiger partial charge >= 0.3 is 6.01 Å². The summed E-state index contributed by atoms with van der Waals surface area (Å²) in [7, 11) is 3.16. The van der Waals surface area contributed by atoms with Crippen molar-refractivity contribution in [3.63, 3.8) is 0 Å². The van der Waals surface area contributed by atoms with Crippen molar-refractivity contribution in [2.45, 2.75) is 12.8 Å². The summed E-state index contributed by atoms with van der Waals surface area (Å²) in [5.41, 5.74) is 8.72. The summed E-state index contributed by atoms with van der Waals surface area (Å²) < 4.78 is 17.5. The second kappa shape index (κ2) is 9.74. The number of nitrogen functional groups attached to an aromatic ring is 1. The maximum absolute atomic E-state index is 9.53. The van der Waals surface area contributed by atoms with Gasteiger partial charge < -0.3 is 25.0 Å². The van der Waals surface area contributed by atoms with Crippen molar-refractivity contribution >= 4 is 11.8 Å². The van der Waals surface area contributed by atoms with E-state index in [1.165, 1.54) is 0 Å². The number of hydrogen-bond donors (Lipinski definition) is 2.